The van der Waals surface area contributed by atoms with E-state index in [2.05, 4.69) is 49.1 Å². The van der Waals surface area contributed by atoms with E-state index < -0.39 is 0 Å². The number of imidazole rings is 1. The number of ether oxygens (including phenoxy) is 1. The van der Waals surface area contributed by atoms with E-state index in [0.29, 0.717) is 0 Å². The molecule has 0 bridgehead atoms. The number of azo groups is 1. The molecule has 1 N–H and O–H groups in total. The number of carbonyl (C=O) groups is 1. The summed E-state index contributed by atoms with van der Waals surface area (Å²) in [7, 11) is 5.24. The predicted molar refractivity (Wildman–Crippen MR) is 124 cm³/mol. The highest BCUT2D eigenvalue weighted by molar-refractivity contribution is 5.65. The molecular formula is C24H27N6O2+. The lowest BCUT2D eigenvalue weighted by Gasteiger charge is -2.08. The van der Waals surface area contributed by atoms with Crippen LogP contribution in [0.25, 0.3) is 5.69 Å². The van der Waals surface area contributed by atoms with Gasteiger partial charge in [0.2, 0.25) is 0 Å². The summed E-state index contributed by atoms with van der Waals surface area (Å²) in [5.74, 6) is 0.546. The van der Waals surface area contributed by atoms with E-state index in [0.717, 1.165) is 28.7 Å². The highest BCUT2D eigenvalue weighted by Crippen LogP contribution is 2.22. The zero-order valence-electron chi connectivity index (χ0n) is 18.6. The third-order valence-electron chi connectivity index (χ3n) is 4.61. The molecule has 0 aliphatic rings. The Morgan fingerprint density at radius 1 is 0.938 bits per heavy atom. The second kappa shape index (κ2) is 10.7. The molecule has 2 aromatic heterocycles. The lowest BCUT2D eigenvalue weighted by molar-refractivity contribution is -0.657. The fourth-order valence-corrected chi connectivity index (χ4v) is 2.83. The molecule has 4 rings (SSSR count). The first kappa shape index (κ1) is 22.5. The van der Waals surface area contributed by atoms with Gasteiger partial charge in [-0.25, -0.2) is 9.13 Å². The molecule has 0 radical (unpaired) electrons. The molecular weight excluding hydrogens is 404 g/mol. The summed E-state index contributed by atoms with van der Waals surface area (Å²) < 4.78 is 10.0. The first-order chi connectivity index (χ1) is 15.5. The molecule has 2 heterocycles. The van der Waals surface area contributed by atoms with Crippen LogP contribution in [0.1, 0.15) is 6.92 Å². The van der Waals surface area contributed by atoms with Crippen molar-refractivity contribution in [3.8, 4) is 5.69 Å². The first-order valence-electron chi connectivity index (χ1n) is 10.0. The number of rotatable bonds is 5. The summed E-state index contributed by atoms with van der Waals surface area (Å²) in [5, 5.41) is 12.0. The van der Waals surface area contributed by atoms with Crippen LogP contribution < -0.4 is 9.88 Å². The molecule has 0 amide bonds. The summed E-state index contributed by atoms with van der Waals surface area (Å²) >= 11 is 0. The van der Waals surface area contributed by atoms with E-state index in [1.807, 2.05) is 84.4 Å². The van der Waals surface area contributed by atoms with Crippen molar-refractivity contribution in [3.63, 3.8) is 0 Å². The third kappa shape index (κ3) is 6.15. The fourth-order valence-electron chi connectivity index (χ4n) is 2.83. The molecule has 0 spiro atoms. The van der Waals surface area contributed by atoms with E-state index in [9.17, 15) is 4.79 Å². The van der Waals surface area contributed by atoms with Crippen molar-refractivity contribution in [2.24, 2.45) is 24.3 Å². The number of nitrogens with one attached hydrogen (secondary N) is 1. The largest absolute Gasteiger partial charge is 0.469 e. The summed E-state index contributed by atoms with van der Waals surface area (Å²) in [6.07, 6.45) is 7.96. The molecule has 0 saturated carbocycles. The van der Waals surface area contributed by atoms with Gasteiger partial charge in [-0.1, -0.05) is 5.11 Å². The molecule has 8 heteroatoms. The Hall–Kier alpha value is -4.20. The van der Waals surface area contributed by atoms with Gasteiger partial charge in [-0.05, 0) is 60.7 Å². The minimum absolute atomic E-state index is 0.245. The Bertz CT molecular complexity index is 1140. The zero-order chi connectivity index (χ0) is 22.9. The molecule has 2 aromatic carbocycles. The molecule has 0 atom stereocenters. The molecule has 8 nitrogen and oxygen atoms in total. The lowest BCUT2D eigenvalue weighted by Crippen LogP contribution is -2.25. The maximum Gasteiger partial charge on any atom is 0.421 e. The van der Waals surface area contributed by atoms with Gasteiger partial charge >= 0.3 is 11.9 Å². The number of hydrogen-bond donors (Lipinski definition) is 1. The van der Waals surface area contributed by atoms with Crippen molar-refractivity contribution < 1.29 is 14.1 Å². The lowest BCUT2D eigenvalue weighted by atomic mass is 10.2. The summed E-state index contributed by atoms with van der Waals surface area (Å²) in [4.78, 5) is 9.59. The summed E-state index contributed by atoms with van der Waals surface area (Å²) in [6.45, 7) is 1.36. The van der Waals surface area contributed by atoms with Crippen LogP contribution in [0.3, 0.4) is 0 Å². The number of aromatic nitrogens is 3. The minimum atomic E-state index is -0.245. The van der Waals surface area contributed by atoms with E-state index in [-0.39, 0.29) is 5.97 Å². The Morgan fingerprint density at radius 2 is 1.50 bits per heavy atom. The fraction of sp³-hybridized carbons (Fsp3) is 0.167. The van der Waals surface area contributed by atoms with Crippen molar-refractivity contribution in [3.05, 3.63) is 85.5 Å². The van der Waals surface area contributed by atoms with Gasteiger partial charge in [-0.3, -0.25) is 4.79 Å². The van der Waals surface area contributed by atoms with E-state index in [1.165, 1.54) is 14.0 Å². The first-order valence-corrected chi connectivity index (χ1v) is 10.0. The molecule has 164 valence electrons. The van der Waals surface area contributed by atoms with Crippen LogP contribution in [0.4, 0.5) is 23.0 Å². The van der Waals surface area contributed by atoms with E-state index in [4.69, 9.17) is 0 Å². The highest BCUT2D eigenvalue weighted by atomic mass is 16.5. The maximum atomic E-state index is 9.59. The normalized spacial score (nSPS) is 10.5. The molecule has 0 saturated heterocycles. The van der Waals surface area contributed by atoms with Crippen molar-refractivity contribution in [2.45, 2.75) is 6.92 Å². The van der Waals surface area contributed by atoms with Crippen LogP contribution in [-0.4, -0.2) is 22.2 Å². The van der Waals surface area contributed by atoms with Crippen LogP contribution >= 0.6 is 0 Å². The van der Waals surface area contributed by atoms with Gasteiger partial charge < -0.3 is 14.6 Å². The number of hydrogen-bond acceptors (Lipinski definition) is 5. The number of carbonyl (C=O) groups excluding carboxylic acids is 1. The van der Waals surface area contributed by atoms with Crippen LogP contribution in [0.2, 0.25) is 0 Å². The number of methoxy groups -OCH3 is 1. The minimum Gasteiger partial charge on any atom is -0.469 e. The SMILES string of the molecule is COC(C)=O.Cn1cc[n+](C)c1N=Nc1ccc(Nc2ccc(-n3cccc3)cc2)cc1. The molecule has 32 heavy (non-hydrogen) atoms. The average molecular weight is 432 g/mol. The smallest absolute Gasteiger partial charge is 0.421 e. The Kier molecular flexibility index (Phi) is 7.53. The molecule has 4 aromatic rings. The molecule has 0 aliphatic carbocycles. The van der Waals surface area contributed by atoms with Gasteiger partial charge in [0.25, 0.3) is 0 Å². The average Bonchev–Trinajstić information content (AvgIpc) is 3.45. The molecule has 0 fully saturated rings. The van der Waals surface area contributed by atoms with Crippen LogP contribution in [0.15, 0.2) is 95.7 Å². The third-order valence-corrected chi connectivity index (χ3v) is 4.61. The Balaban J connectivity index is 0.000000523. The van der Waals surface area contributed by atoms with Gasteiger partial charge in [0, 0.05) is 41.5 Å². The molecule has 0 unspecified atom stereocenters. The monoisotopic (exact) mass is 431 g/mol. The predicted octanol–water partition coefficient (Wildman–Crippen LogP) is 4.98. The number of benzene rings is 2. The van der Waals surface area contributed by atoms with E-state index in [1.54, 1.807) is 0 Å². The number of aryl methyl sites for hydroxylation is 2. The second-order valence-electron chi connectivity index (χ2n) is 7.02. The summed E-state index contributed by atoms with van der Waals surface area (Å²) in [5.41, 5.74) is 3.99. The zero-order valence-corrected chi connectivity index (χ0v) is 18.6. The van der Waals surface area contributed by atoms with Gasteiger partial charge in [0.05, 0.1) is 33.6 Å². The number of nitrogens with zero attached hydrogens (tertiary/aromatic N) is 5. The Labute approximate surface area is 187 Å². The standard InChI is InChI=1S/C21H20N6.C3H6O2/c1-25-15-16-26(2)21(25)24-23-19-7-5-17(6-8-19)22-18-9-11-20(12-10-18)27-13-3-4-14-27;1-3(4)5-2/h3-16H,1-2H3;1-2H3/p+1. The Morgan fingerprint density at radius 3 is 2.00 bits per heavy atom. The van der Waals surface area contributed by atoms with Crippen molar-refractivity contribution in [1.82, 2.24) is 9.13 Å². The van der Waals surface area contributed by atoms with Crippen molar-refractivity contribution >= 4 is 29.0 Å². The number of anilines is 2. The van der Waals surface area contributed by atoms with Gasteiger partial charge in [0.1, 0.15) is 5.69 Å². The van der Waals surface area contributed by atoms with Crippen molar-refractivity contribution in [1.29, 1.82) is 0 Å². The van der Waals surface area contributed by atoms with Gasteiger partial charge in [-0.15, -0.1) is 0 Å². The van der Waals surface area contributed by atoms with Crippen LogP contribution in [0.5, 0.6) is 0 Å². The van der Waals surface area contributed by atoms with E-state index >= 15 is 0 Å². The summed E-state index contributed by atoms with van der Waals surface area (Å²) in [6, 6.07) is 20.2. The second-order valence-corrected chi connectivity index (χ2v) is 7.02. The quantitative estimate of drug-likeness (QED) is 0.275. The van der Waals surface area contributed by atoms with Gasteiger partial charge in [0.15, 0.2) is 0 Å². The maximum absolute atomic E-state index is 9.59. The molecule has 0 aliphatic heterocycles. The number of esters is 1. The highest BCUT2D eigenvalue weighted by Gasteiger charge is 2.10. The van der Waals surface area contributed by atoms with Crippen molar-refractivity contribution in [2.75, 3.05) is 12.4 Å². The van der Waals surface area contributed by atoms with Crippen LogP contribution in [-0.2, 0) is 23.6 Å². The topological polar surface area (TPSA) is 76.8 Å². The van der Waals surface area contributed by atoms with Crippen LogP contribution in [0, 0.1) is 0 Å². The van der Waals surface area contributed by atoms with Gasteiger partial charge in [-0.2, -0.15) is 0 Å².